The van der Waals surface area contributed by atoms with E-state index in [1.54, 1.807) is 12.1 Å². The third kappa shape index (κ3) is 3.24. The van der Waals surface area contributed by atoms with Gasteiger partial charge in [0.15, 0.2) is 0 Å². The smallest absolute Gasteiger partial charge is 0.335 e. The minimum Gasteiger partial charge on any atom is -0.478 e. The molecular formula is C15H19N3O2. The minimum atomic E-state index is -0.893. The van der Waals surface area contributed by atoms with Crippen molar-refractivity contribution in [3.05, 3.63) is 52.8 Å². The van der Waals surface area contributed by atoms with E-state index in [0.717, 1.165) is 24.3 Å². The summed E-state index contributed by atoms with van der Waals surface area (Å²) in [5, 5.41) is 13.1. The zero-order valence-electron chi connectivity index (χ0n) is 12.0. The molecule has 0 saturated carbocycles. The zero-order valence-corrected chi connectivity index (χ0v) is 12.0. The average Bonchev–Trinajstić information content (AvgIpc) is 2.71. The van der Waals surface area contributed by atoms with Crippen molar-refractivity contribution < 1.29 is 9.90 Å². The predicted octanol–water partition coefficient (Wildman–Crippen LogP) is 2.06. The maximum absolute atomic E-state index is 10.8. The number of carboxylic acids is 1. The van der Waals surface area contributed by atoms with Crippen LogP contribution in [0.4, 0.5) is 0 Å². The molecule has 1 aromatic carbocycles. The third-order valence-corrected chi connectivity index (χ3v) is 3.43. The standard InChI is InChI=1S/C15H19N3O2/c1-11-14(8-16-18(11)3)10-17(2)9-12-4-6-13(7-5-12)15(19)20/h4-8H,9-10H2,1-3H3,(H,19,20). The lowest BCUT2D eigenvalue weighted by atomic mass is 10.1. The number of aromatic carboxylic acids is 1. The molecule has 20 heavy (non-hydrogen) atoms. The summed E-state index contributed by atoms with van der Waals surface area (Å²) in [5.74, 6) is -0.893. The van der Waals surface area contributed by atoms with Crippen molar-refractivity contribution in [2.24, 2.45) is 7.05 Å². The quantitative estimate of drug-likeness (QED) is 0.906. The maximum atomic E-state index is 10.8. The molecule has 0 fully saturated rings. The Morgan fingerprint density at radius 3 is 2.45 bits per heavy atom. The summed E-state index contributed by atoms with van der Waals surface area (Å²) in [7, 11) is 3.97. The van der Waals surface area contributed by atoms with Gasteiger partial charge >= 0.3 is 5.97 Å². The molecule has 0 saturated heterocycles. The average molecular weight is 273 g/mol. The Morgan fingerprint density at radius 2 is 1.95 bits per heavy atom. The number of aryl methyl sites for hydroxylation is 1. The molecule has 0 spiro atoms. The number of nitrogens with zero attached hydrogens (tertiary/aromatic N) is 3. The highest BCUT2D eigenvalue weighted by Gasteiger charge is 2.08. The van der Waals surface area contributed by atoms with E-state index in [-0.39, 0.29) is 0 Å². The number of hydrogen-bond acceptors (Lipinski definition) is 3. The van der Waals surface area contributed by atoms with E-state index >= 15 is 0 Å². The van der Waals surface area contributed by atoms with Crippen LogP contribution >= 0.6 is 0 Å². The van der Waals surface area contributed by atoms with Gasteiger partial charge in [-0.25, -0.2) is 4.79 Å². The molecule has 0 bridgehead atoms. The van der Waals surface area contributed by atoms with Crippen molar-refractivity contribution in [1.29, 1.82) is 0 Å². The van der Waals surface area contributed by atoms with Crippen LogP contribution in [0.25, 0.3) is 0 Å². The summed E-state index contributed by atoms with van der Waals surface area (Å²) < 4.78 is 1.87. The molecule has 0 atom stereocenters. The summed E-state index contributed by atoms with van der Waals surface area (Å²) >= 11 is 0. The van der Waals surface area contributed by atoms with Gasteiger partial charge in [-0.15, -0.1) is 0 Å². The summed E-state index contributed by atoms with van der Waals surface area (Å²) in [6.45, 7) is 3.65. The molecule has 2 aromatic rings. The van der Waals surface area contributed by atoms with Crippen LogP contribution in [-0.4, -0.2) is 32.8 Å². The van der Waals surface area contributed by atoms with Gasteiger partial charge in [-0.3, -0.25) is 9.58 Å². The highest BCUT2D eigenvalue weighted by Crippen LogP contribution is 2.12. The second-order valence-corrected chi connectivity index (χ2v) is 5.05. The van der Waals surface area contributed by atoms with Gasteiger partial charge in [0.2, 0.25) is 0 Å². The predicted molar refractivity (Wildman–Crippen MR) is 76.5 cm³/mol. The lowest BCUT2D eigenvalue weighted by Crippen LogP contribution is -2.17. The van der Waals surface area contributed by atoms with E-state index in [2.05, 4.69) is 16.9 Å². The molecule has 0 aliphatic rings. The Bertz CT molecular complexity index is 602. The lowest BCUT2D eigenvalue weighted by Gasteiger charge is -2.16. The molecule has 0 amide bonds. The largest absolute Gasteiger partial charge is 0.478 e. The van der Waals surface area contributed by atoms with Gasteiger partial charge in [-0.05, 0) is 31.7 Å². The van der Waals surface area contributed by atoms with Gasteiger partial charge in [0, 0.05) is 31.4 Å². The molecule has 106 valence electrons. The molecule has 1 heterocycles. The maximum Gasteiger partial charge on any atom is 0.335 e. The van der Waals surface area contributed by atoms with Gasteiger partial charge in [0.25, 0.3) is 0 Å². The van der Waals surface area contributed by atoms with Crippen LogP contribution in [0.5, 0.6) is 0 Å². The number of carbonyl (C=O) groups is 1. The molecular weight excluding hydrogens is 254 g/mol. The van der Waals surface area contributed by atoms with Crippen LogP contribution in [0.3, 0.4) is 0 Å². The zero-order chi connectivity index (χ0) is 14.7. The molecule has 2 rings (SSSR count). The first-order valence-corrected chi connectivity index (χ1v) is 6.45. The highest BCUT2D eigenvalue weighted by molar-refractivity contribution is 5.87. The van der Waals surface area contributed by atoms with E-state index < -0.39 is 5.97 Å². The Hall–Kier alpha value is -2.14. The topological polar surface area (TPSA) is 58.4 Å². The minimum absolute atomic E-state index is 0.319. The van der Waals surface area contributed by atoms with E-state index in [1.165, 1.54) is 5.56 Å². The molecule has 0 aliphatic carbocycles. The summed E-state index contributed by atoms with van der Waals surface area (Å²) in [4.78, 5) is 13.0. The first-order valence-electron chi connectivity index (χ1n) is 6.45. The first kappa shape index (κ1) is 14.3. The van der Waals surface area contributed by atoms with Crippen molar-refractivity contribution in [2.75, 3.05) is 7.05 Å². The highest BCUT2D eigenvalue weighted by atomic mass is 16.4. The van der Waals surface area contributed by atoms with E-state index in [4.69, 9.17) is 5.11 Å². The van der Waals surface area contributed by atoms with Crippen molar-refractivity contribution in [2.45, 2.75) is 20.0 Å². The Kier molecular flexibility index (Phi) is 4.20. The van der Waals surface area contributed by atoms with Crippen LogP contribution in [-0.2, 0) is 20.1 Å². The molecule has 5 heteroatoms. The SMILES string of the molecule is Cc1c(CN(C)Cc2ccc(C(=O)O)cc2)cnn1C. The van der Waals surface area contributed by atoms with Gasteiger partial charge < -0.3 is 5.11 Å². The number of aromatic nitrogens is 2. The third-order valence-electron chi connectivity index (χ3n) is 3.43. The fourth-order valence-electron chi connectivity index (χ4n) is 2.11. The van der Waals surface area contributed by atoms with Crippen molar-refractivity contribution in [3.63, 3.8) is 0 Å². The van der Waals surface area contributed by atoms with Crippen LogP contribution in [0.1, 0.15) is 27.2 Å². The van der Waals surface area contributed by atoms with Crippen molar-refractivity contribution in [1.82, 2.24) is 14.7 Å². The van der Waals surface area contributed by atoms with Crippen LogP contribution in [0.2, 0.25) is 0 Å². The van der Waals surface area contributed by atoms with Gasteiger partial charge in [-0.1, -0.05) is 12.1 Å². The Morgan fingerprint density at radius 1 is 1.30 bits per heavy atom. The number of rotatable bonds is 5. The van der Waals surface area contributed by atoms with Gasteiger partial charge in [-0.2, -0.15) is 5.10 Å². The number of benzene rings is 1. The van der Waals surface area contributed by atoms with E-state index in [9.17, 15) is 4.79 Å². The Balaban J connectivity index is 1.99. The first-order chi connectivity index (χ1) is 9.47. The molecule has 0 radical (unpaired) electrons. The molecule has 0 aliphatic heterocycles. The van der Waals surface area contributed by atoms with Crippen LogP contribution in [0.15, 0.2) is 30.5 Å². The number of hydrogen-bond donors (Lipinski definition) is 1. The molecule has 1 aromatic heterocycles. The summed E-state index contributed by atoms with van der Waals surface area (Å²) in [6.07, 6.45) is 1.89. The van der Waals surface area contributed by atoms with Crippen LogP contribution < -0.4 is 0 Å². The van der Waals surface area contributed by atoms with Gasteiger partial charge in [0.1, 0.15) is 0 Å². The second kappa shape index (κ2) is 5.88. The lowest BCUT2D eigenvalue weighted by molar-refractivity contribution is 0.0697. The molecule has 5 nitrogen and oxygen atoms in total. The van der Waals surface area contributed by atoms with E-state index in [0.29, 0.717) is 5.56 Å². The van der Waals surface area contributed by atoms with Crippen molar-refractivity contribution in [3.8, 4) is 0 Å². The summed E-state index contributed by atoms with van der Waals surface area (Å²) in [6, 6.07) is 6.99. The fourth-order valence-corrected chi connectivity index (χ4v) is 2.11. The molecule has 0 unspecified atom stereocenters. The number of carboxylic acid groups (broad SMARTS) is 1. The second-order valence-electron chi connectivity index (χ2n) is 5.05. The summed E-state index contributed by atoms with van der Waals surface area (Å²) in [5.41, 5.74) is 3.79. The monoisotopic (exact) mass is 273 g/mol. The van der Waals surface area contributed by atoms with Gasteiger partial charge in [0.05, 0.1) is 11.8 Å². The van der Waals surface area contributed by atoms with Crippen molar-refractivity contribution >= 4 is 5.97 Å². The van der Waals surface area contributed by atoms with E-state index in [1.807, 2.05) is 37.1 Å². The fraction of sp³-hybridized carbons (Fsp3) is 0.333. The normalized spacial score (nSPS) is 11.0. The molecule has 1 N–H and O–H groups in total. The Labute approximate surface area is 118 Å². The van der Waals surface area contributed by atoms with Crippen LogP contribution in [0, 0.1) is 6.92 Å².